The molecule has 1 aliphatic rings. The van der Waals surface area contributed by atoms with Crippen molar-refractivity contribution in [2.45, 2.75) is 58.3 Å². The number of ether oxygens (including phenoxy) is 1. The van der Waals surface area contributed by atoms with Gasteiger partial charge in [0.15, 0.2) is 0 Å². The van der Waals surface area contributed by atoms with Crippen LogP contribution in [0.4, 0.5) is 0 Å². The maximum absolute atomic E-state index is 10.0. The zero-order chi connectivity index (χ0) is 22.9. The van der Waals surface area contributed by atoms with Crippen molar-refractivity contribution in [1.29, 1.82) is 5.26 Å². The molecule has 7 heteroatoms. The Morgan fingerprint density at radius 1 is 1.31 bits per heavy atom. The van der Waals surface area contributed by atoms with E-state index in [-0.39, 0.29) is 12.1 Å². The summed E-state index contributed by atoms with van der Waals surface area (Å²) in [6.45, 7) is 7.95. The van der Waals surface area contributed by atoms with E-state index in [9.17, 15) is 10.4 Å². The molecule has 1 aliphatic carbocycles. The molecule has 0 radical (unpaired) electrons. The molecule has 0 aliphatic heterocycles. The fourth-order valence-electron chi connectivity index (χ4n) is 4.01. The van der Waals surface area contributed by atoms with Crippen LogP contribution in [-0.4, -0.2) is 33.5 Å². The van der Waals surface area contributed by atoms with Crippen molar-refractivity contribution in [3.05, 3.63) is 53.1 Å². The number of fused-ring (bicyclic) bond motifs is 1. The molecule has 0 amide bonds. The predicted molar refractivity (Wildman–Crippen MR) is 121 cm³/mol. The molecule has 4 rings (SSSR count). The molecular formula is C25H28N4O3. The first kappa shape index (κ1) is 22.0. The van der Waals surface area contributed by atoms with Crippen LogP contribution >= 0.6 is 0 Å². The lowest BCUT2D eigenvalue weighted by molar-refractivity contribution is 0.0764. The Kier molecular flexibility index (Phi) is 6.00. The van der Waals surface area contributed by atoms with Crippen LogP contribution < -0.4 is 10.1 Å². The molecule has 1 unspecified atom stereocenters. The van der Waals surface area contributed by atoms with Crippen LogP contribution in [0.5, 0.6) is 5.75 Å². The summed E-state index contributed by atoms with van der Waals surface area (Å²) in [6, 6.07) is 13.8. The van der Waals surface area contributed by atoms with Gasteiger partial charge in [-0.05, 0) is 69.9 Å². The molecule has 1 aromatic heterocycles. The standard InChI is InChI=1S/C25H28N4O3/c1-15(2)31-22-11-8-16(12-17(22)13-26)24-28-23(29-32-24)20-7-5-6-19-18(20)9-10-21(19)27-14-25(3,4)30/h5-8,11-12,15,21,27,30H,9-10,14H2,1-4H3. The minimum Gasteiger partial charge on any atom is -0.490 e. The fraction of sp³-hybridized carbons (Fsp3) is 0.400. The Balaban J connectivity index is 1.60. The third-order valence-corrected chi connectivity index (χ3v) is 5.43. The third kappa shape index (κ3) is 4.67. The minimum atomic E-state index is -0.763. The summed E-state index contributed by atoms with van der Waals surface area (Å²) < 4.78 is 11.2. The summed E-state index contributed by atoms with van der Waals surface area (Å²) in [7, 11) is 0. The molecule has 0 saturated carbocycles. The van der Waals surface area contributed by atoms with Crippen molar-refractivity contribution in [3.63, 3.8) is 0 Å². The molecular weight excluding hydrogens is 404 g/mol. The Morgan fingerprint density at radius 3 is 2.84 bits per heavy atom. The normalized spacial score (nSPS) is 15.6. The second-order valence-corrected chi connectivity index (χ2v) is 9.07. The quantitative estimate of drug-likeness (QED) is 0.570. The minimum absolute atomic E-state index is 0.0232. The van der Waals surface area contributed by atoms with E-state index in [1.54, 1.807) is 26.0 Å². The van der Waals surface area contributed by atoms with E-state index in [2.05, 4.69) is 27.6 Å². The number of hydrogen-bond donors (Lipinski definition) is 2. The Labute approximate surface area is 188 Å². The average molecular weight is 433 g/mol. The Hall–Kier alpha value is -3.21. The van der Waals surface area contributed by atoms with E-state index in [4.69, 9.17) is 9.26 Å². The highest BCUT2D eigenvalue weighted by molar-refractivity contribution is 5.67. The lowest BCUT2D eigenvalue weighted by Crippen LogP contribution is -2.36. The van der Waals surface area contributed by atoms with Gasteiger partial charge in [-0.15, -0.1) is 0 Å². The van der Waals surface area contributed by atoms with Gasteiger partial charge < -0.3 is 19.7 Å². The molecule has 7 nitrogen and oxygen atoms in total. The molecule has 166 valence electrons. The van der Waals surface area contributed by atoms with Gasteiger partial charge in [0.1, 0.15) is 11.8 Å². The van der Waals surface area contributed by atoms with E-state index in [1.165, 1.54) is 11.1 Å². The Bertz CT molecular complexity index is 1150. The lowest BCUT2D eigenvalue weighted by Gasteiger charge is -2.22. The second-order valence-electron chi connectivity index (χ2n) is 9.07. The largest absolute Gasteiger partial charge is 0.490 e. The van der Waals surface area contributed by atoms with Crippen molar-refractivity contribution < 1.29 is 14.4 Å². The van der Waals surface area contributed by atoms with Crippen molar-refractivity contribution in [1.82, 2.24) is 15.5 Å². The number of nitrogens with zero attached hydrogens (tertiary/aromatic N) is 3. The van der Waals surface area contributed by atoms with Gasteiger partial charge in [-0.25, -0.2) is 0 Å². The summed E-state index contributed by atoms with van der Waals surface area (Å²) in [5, 5.41) is 27.2. The molecule has 3 aromatic rings. The average Bonchev–Trinajstić information content (AvgIpc) is 3.39. The van der Waals surface area contributed by atoms with Crippen molar-refractivity contribution >= 4 is 0 Å². The highest BCUT2D eigenvalue weighted by Gasteiger charge is 2.27. The van der Waals surface area contributed by atoms with E-state index in [1.807, 2.05) is 32.0 Å². The highest BCUT2D eigenvalue weighted by atomic mass is 16.5. The van der Waals surface area contributed by atoms with Crippen LogP contribution in [0.15, 0.2) is 40.9 Å². The molecule has 0 fully saturated rings. The maximum atomic E-state index is 10.0. The van der Waals surface area contributed by atoms with Crippen molar-refractivity contribution in [2.75, 3.05) is 6.54 Å². The van der Waals surface area contributed by atoms with Crippen LogP contribution in [0.2, 0.25) is 0 Å². The van der Waals surface area contributed by atoms with Gasteiger partial charge in [-0.3, -0.25) is 0 Å². The van der Waals surface area contributed by atoms with Gasteiger partial charge in [-0.2, -0.15) is 10.2 Å². The molecule has 2 aromatic carbocycles. The molecule has 32 heavy (non-hydrogen) atoms. The monoisotopic (exact) mass is 432 g/mol. The number of aromatic nitrogens is 2. The van der Waals surface area contributed by atoms with E-state index in [0.717, 1.165) is 18.4 Å². The van der Waals surface area contributed by atoms with Crippen molar-refractivity contribution in [3.8, 4) is 34.7 Å². The Morgan fingerprint density at radius 2 is 2.12 bits per heavy atom. The van der Waals surface area contributed by atoms with Crippen LogP contribution in [0, 0.1) is 11.3 Å². The molecule has 0 bridgehead atoms. The number of hydrogen-bond acceptors (Lipinski definition) is 7. The maximum Gasteiger partial charge on any atom is 0.258 e. The summed E-state index contributed by atoms with van der Waals surface area (Å²) in [5.41, 5.74) is 3.70. The van der Waals surface area contributed by atoms with Gasteiger partial charge in [0.25, 0.3) is 5.89 Å². The van der Waals surface area contributed by atoms with Crippen LogP contribution in [-0.2, 0) is 6.42 Å². The van der Waals surface area contributed by atoms with Gasteiger partial charge in [0.2, 0.25) is 5.82 Å². The third-order valence-electron chi connectivity index (χ3n) is 5.43. The molecule has 0 saturated heterocycles. The van der Waals surface area contributed by atoms with E-state index >= 15 is 0 Å². The first-order valence-electron chi connectivity index (χ1n) is 10.9. The van der Waals surface area contributed by atoms with Crippen LogP contribution in [0.1, 0.15) is 56.8 Å². The van der Waals surface area contributed by atoms with E-state index < -0.39 is 5.60 Å². The molecule has 2 N–H and O–H groups in total. The number of benzene rings is 2. The second kappa shape index (κ2) is 8.73. The van der Waals surface area contributed by atoms with Crippen LogP contribution in [0.25, 0.3) is 22.8 Å². The molecule has 1 heterocycles. The smallest absolute Gasteiger partial charge is 0.258 e. The number of aliphatic hydroxyl groups is 1. The summed E-state index contributed by atoms with van der Waals surface area (Å²) in [5.74, 6) is 1.43. The van der Waals surface area contributed by atoms with Crippen molar-refractivity contribution in [2.24, 2.45) is 0 Å². The molecule has 0 spiro atoms. The number of nitriles is 1. The molecule has 1 atom stereocenters. The predicted octanol–water partition coefficient (Wildman–Crippen LogP) is 4.41. The van der Waals surface area contributed by atoms with Gasteiger partial charge in [-0.1, -0.05) is 23.4 Å². The SMILES string of the molecule is CC(C)Oc1ccc(-c2nc(-c3cccc4c3CCC4NCC(C)(C)O)no2)cc1C#N. The van der Waals surface area contributed by atoms with Crippen LogP contribution in [0.3, 0.4) is 0 Å². The number of nitrogens with one attached hydrogen (secondary N) is 1. The highest BCUT2D eigenvalue weighted by Crippen LogP contribution is 2.37. The van der Waals surface area contributed by atoms with E-state index in [0.29, 0.717) is 35.1 Å². The first-order chi connectivity index (χ1) is 15.2. The summed E-state index contributed by atoms with van der Waals surface area (Å²) >= 11 is 0. The zero-order valence-corrected chi connectivity index (χ0v) is 18.8. The summed E-state index contributed by atoms with van der Waals surface area (Å²) in [6.07, 6.45) is 1.83. The zero-order valence-electron chi connectivity index (χ0n) is 18.8. The van der Waals surface area contributed by atoms with Gasteiger partial charge >= 0.3 is 0 Å². The summed E-state index contributed by atoms with van der Waals surface area (Å²) in [4.78, 5) is 4.62. The first-order valence-corrected chi connectivity index (χ1v) is 10.9. The fourth-order valence-corrected chi connectivity index (χ4v) is 4.01. The van der Waals surface area contributed by atoms with Gasteiger partial charge in [0.05, 0.1) is 17.3 Å². The van der Waals surface area contributed by atoms with Gasteiger partial charge in [0, 0.05) is 23.7 Å². The lowest BCUT2D eigenvalue weighted by atomic mass is 10.0. The number of rotatable bonds is 7. The topological polar surface area (TPSA) is 104 Å².